The van der Waals surface area contributed by atoms with Crippen LogP contribution in [0.2, 0.25) is 0 Å². The fourth-order valence-electron chi connectivity index (χ4n) is 4.76. The molecule has 0 aliphatic heterocycles. The minimum absolute atomic E-state index is 0. The van der Waals surface area contributed by atoms with Gasteiger partial charge in [0.2, 0.25) is 5.91 Å². The first-order valence-electron chi connectivity index (χ1n) is 14.5. The van der Waals surface area contributed by atoms with Gasteiger partial charge < -0.3 is 28.7 Å². The highest BCUT2D eigenvalue weighted by atomic mass is 127. The van der Waals surface area contributed by atoms with E-state index in [9.17, 15) is 9.59 Å². The molecule has 0 saturated heterocycles. The van der Waals surface area contributed by atoms with E-state index in [0.717, 1.165) is 37.1 Å². The number of rotatable bonds is 18. The molecule has 0 aliphatic rings. The smallest absolute Gasteiger partial charge is 0.260 e. The van der Waals surface area contributed by atoms with Crippen LogP contribution in [0.5, 0.6) is 5.75 Å². The van der Waals surface area contributed by atoms with E-state index >= 15 is 0 Å². The predicted octanol–water partition coefficient (Wildman–Crippen LogP) is 4.23. The molecule has 0 fully saturated rings. The van der Waals surface area contributed by atoms with Gasteiger partial charge in [0.15, 0.2) is 11.9 Å². The van der Waals surface area contributed by atoms with Crippen LogP contribution in [0.25, 0.3) is 0 Å². The molecule has 2 aromatic rings. The maximum absolute atomic E-state index is 13.2. The average molecular weight is 637 g/mol. The molecule has 0 saturated carbocycles. The molecule has 2 amide bonds. The Morgan fingerprint density at radius 2 is 1.53 bits per heavy atom. The second-order valence-corrected chi connectivity index (χ2v) is 10.1. The van der Waals surface area contributed by atoms with Crippen molar-refractivity contribution in [2.75, 3.05) is 13.2 Å². The zero-order chi connectivity index (χ0) is 26.9. The zero-order valence-electron chi connectivity index (χ0n) is 24.1. The first kappa shape index (κ1) is 34.1. The summed E-state index contributed by atoms with van der Waals surface area (Å²) in [6, 6.07) is 11.7. The van der Waals surface area contributed by atoms with E-state index < -0.39 is 0 Å². The van der Waals surface area contributed by atoms with E-state index in [-0.39, 0.29) is 35.8 Å². The van der Waals surface area contributed by atoms with Gasteiger partial charge in [0.05, 0.1) is 6.61 Å². The van der Waals surface area contributed by atoms with Crippen LogP contribution >= 0.6 is 0 Å². The third kappa shape index (κ3) is 12.3. The Morgan fingerprint density at radius 3 is 2.13 bits per heavy atom. The molecule has 0 spiro atoms. The average Bonchev–Trinajstić information content (AvgIpc) is 2.89. The zero-order valence-corrected chi connectivity index (χ0v) is 26.3. The van der Waals surface area contributed by atoms with Crippen molar-refractivity contribution in [2.24, 2.45) is 0 Å². The number of ether oxygens (including phenoxy) is 1. The lowest BCUT2D eigenvalue weighted by Gasteiger charge is -2.20. The summed E-state index contributed by atoms with van der Waals surface area (Å²) in [5.74, 6) is 0.331. The molecule has 6 heteroatoms. The Labute approximate surface area is 248 Å². The summed E-state index contributed by atoms with van der Waals surface area (Å²) in [4.78, 5) is 26.9. The van der Waals surface area contributed by atoms with E-state index in [2.05, 4.69) is 30.7 Å². The summed E-state index contributed by atoms with van der Waals surface area (Å²) in [7, 11) is 0. The lowest BCUT2D eigenvalue weighted by Crippen LogP contribution is -3.00. The standard InChI is InChI=1S/C32H49N2O3.HI/c1-5-7-8-9-10-11-12-13-14-17-25-37-30-21-22-31(27(3)26-30)32(36)34(28(4)35)24-18-20-29-19-15-16-23-33(29)6-2;/h15-16,19,21-23,26H,5-14,17-18,20,24-25H2,1-4H3;1H/q+1;/p-1. The second-order valence-electron chi connectivity index (χ2n) is 10.1. The van der Waals surface area contributed by atoms with Gasteiger partial charge in [0, 0.05) is 37.6 Å². The Bertz CT molecular complexity index is 963. The Hall–Kier alpha value is -1.96. The highest BCUT2D eigenvalue weighted by Gasteiger charge is 2.22. The van der Waals surface area contributed by atoms with E-state index in [1.807, 2.05) is 31.2 Å². The maximum Gasteiger partial charge on any atom is 0.260 e. The molecule has 0 N–H and O–H groups in total. The highest BCUT2D eigenvalue weighted by Crippen LogP contribution is 2.20. The fraction of sp³-hybridized carbons (Fsp3) is 0.594. The SMILES string of the molecule is CCCCCCCCCCCCOc1ccc(C(=O)N(CCCc2cccc[n+]2CC)C(C)=O)c(C)c1.[I-]. The van der Waals surface area contributed by atoms with E-state index in [1.54, 1.807) is 6.07 Å². The van der Waals surface area contributed by atoms with Gasteiger partial charge in [-0.3, -0.25) is 14.5 Å². The van der Waals surface area contributed by atoms with Crippen molar-refractivity contribution in [3.63, 3.8) is 0 Å². The fourth-order valence-corrected chi connectivity index (χ4v) is 4.76. The van der Waals surface area contributed by atoms with Crippen LogP contribution < -0.4 is 33.3 Å². The van der Waals surface area contributed by atoms with Crippen molar-refractivity contribution in [1.82, 2.24) is 4.90 Å². The van der Waals surface area contributed by atoms with E-state index in [0.29, 0.717) is 18.7 Å². The number of hydrogen-bond acceptors (Lipinski definition) is 3. The summed E-state index contributed by atoms with van der Waals surface area (Å²) in [6.07, 6.45) is 16.6. The molecule has 0 radical (unpaired) electrons. The van der Waals surface area contributed by atoms with Gasteiger partial charge in [-0.05, 0) is 50.5 Å². The summed E-state index contributed by atoms with van der Waals surface area (Å²) >= 11 is 0. The molecule has 1 heterocycles. The number of aryl methyl sites for hydroxylation is 3. The number of imide groups is 1. The number of unbranched alkanes of at least 4 members (excludes halogenated alkanes) is 9. The van der Waals surface area contributed by atoms with Crippen molar-refractivity contribution in [2.45, 2.75) is 111 Å². The molecular weight excluding hydrogens is 587 g/mol. The number of carbonyl (C=O) groups excluding carboxylic acids is 2. The van der Waals surface area contributed by atoms with Crippen LogP contribution in [-0.2, 0) is 17.8 Å². The third-order valence-electron chi connectivity index (χ3n) is 7.01. The quantitative estimate of drug-likeness (QED) is 0.140. The van der Waals surface area contributed by atoms with Crippen molar-refractivity contribution in [1.29, 1.82) is 0 Å². The Morgan fingerprint density at radius 1 is 0.868 bits per heavy atom. The number of halogens is 1. The van der Waals surface area contributed by atoms with Crippen molar-refractivity contribution >= 4 is 11.8 Å². The molecule has 0 bridgehead atoms. The summed E-state index contributed by atoms with van der Waals surface area (Å²) in [5, 5.41) is 0. The number of nitrogens with zero attached hydrogens (tertiary/aromatic N) is 2. The first-order chi connectivity index (χ1) is 18.0. The van der Waals surface area contributed by atoms with Gasteiger partial charge in [-0.1, -0.05) is 70.8 Å². The van der Waals surface area contributed by atoms with E-state index in [1.165, 1.54) is 75.3 Å². The molecular formula is C32H49IN2O3. The van der Waals surface area contributed by atoms with Crippen molar-refractivity contribution in [3.05, 3.63) is 59.4 Å². The molecule has 5 nitrogen and oxygen atoms in total. The first-order valence-corrected chi connectivity index (χ1v) is 14.5. The number of aromatic nitrogens is 1. The number of hydrogen-bond donors (Lipinski definition) is 0. The molecule has 1 aromatic carbocycles. The lowest BCUT2D eigenvalue weighted by atomic mass is 10.1. The summed E-state index contributed by atoms with van der Waals surface area (Å²) in [5.41, 5.74) is 2.61. The molecule has 0 unspecified atom stereocenters. The number of benzene rings is 1. The minimum atomic E-state index is -0.234. The number of carbonyl (C=O) groups is 2. The molecule has 2 rings (SSSR count). The molecule has 212 valence electrons. The largest absolute Gasteiger partial charge is 1.00 e. The molecule has 1 aromatic heterocycles. The van der Waals surface area contributed by atoms with Gasteiger partial charge >= 0.3 is 0 Å². The van der Waals surface area contributed by atoms with Crippen LogP contribution in [0.3, 0.4) is 0 Å². The van der Waals surface area contributed by atoms with Gasteiger partial charge in [0.1, 0.15) is 12.3 Å². The van der Waals surface area contributed by atoms with E-state index in [4.69, 9.17) is 4.74 Å². The molecule has 0 aliphatic carbocycles. The highest BCUT2D eigenvalue weighted by molar-refractivity contribution is 6.05. The minimum Gasteiger partial charge on any atom is -1.00 e. The van der Waals surface area contributed by atoms with Crippen molar-refractivity contribution < 1.29 is 42.9 Å². The Kier molecular flexibility index (Phi) is 17.9. The summed E-state index contributed by atoms with van der Waals surface area (Å²) in [6.45, 7) is 9.75. The lowest BCUT2D eigenvalue weighted by molar-refractivity contribution is -0.700. The summed E-state index contributed by atoms with van der Waals surface area (Å²) < 4.78 is 8.14. The predicted molar refractivity (Wildman–Crippen MR) is 151 cm³/mol. The number of amides is 2. The second kappa shape index (κ2) is 20.0. The maximum atomic E-state index is 13.2. The van der Waals surface area contributed by atoms with Crippen LogP contribution in [-0.4, -0.2) is 29.9 Å². The third-order valence-corrected chi connectivity index (χ3v) is 7.01. The van der Waals surface area contributed by atoms with Crippen molar-refractivity contribution in [3.8, 4) is 5.75 Å². The van der Waals surface area contributed by atoms with Gasteiger partial charge in [0.25, 0.3) is 5.91 Å². The van der Waals surface area contributed by atoms with Gasteiger partial charge in [-0.25, -0.2) is 4.57 Å². The Balaban J connectivity index is 0.00000722. The number of pyridine rings is 1. The van der Waals surface area contributed by atoms with Gasteiger partial charge in [-0.2, -0.15) is 0 Å². The normalized spacial score (nSPS) is 10.6. The van der Waals surface area contributed by atoms with Gasteiger partial charge in [-0.15, -0.1) is 0 Å². The van der Waals surface area contributed by atoms with Crippen LogP contribution in [0.4, 0.5) is 0 Å². The molecule has 0 atom stereocenters. The molecule has 38 heavy (non-hydrogen) atoms. The topological polar surface area (TPSA) is 50.5 Å². The van der Waals surface area contributed by atoms with Crippen LogP contribution in [0, 0.1) is 6.92 Å². The van der Waals surface area contributed by atoms with Crippen LogP contribution in [0.15, 0.2) is 42.6 Å². The van der Waals surface area contributed by atoms with Crippen LogP contribution in [0.1, 0.15) is 113 Å². The monoisotopic (exact) mass is 636 g/mol.